The Balaban J connectivity index is 2.03. The Morgan fingerprint density at radius 3 is 2.35 bits per heavy atom. The Morgan fingerprint density at radius 1 is 1.18 bits per heavy atom. The van der Waals surface area contributed by atoms with Crippen LogP contribution in [0.2, 0.25) is 0 Å². The highest BCUT2D eigenvalue weighted by Gasteiger charge is 2.33. The van der Waals surface area contributed by atoms with Crippen molar-refractivity contribution in [2.75, 3.05) is 0 Å². The highest BCUT2D eigenvalue weighted by atomic mass is 15.0. The largest absolute Gasteiger partial charge is 0.307 e. The van der Waals surface area contributed by atoms with Crippen molar-refractivity contribution < 1.29 is 0 Å². The van der Waals surface area contributed by atoms with Gasteiger partial charge in [-0.05, 0) is 37.2 Å². The number of benzene rings is 1. The zero-order valence-electron chi connectivity index (χ0n) is 11.3. The number of hydrogen-bond acceptors (Lipinski definition) is 1. The molecule has 2 rings (SSSR count). The molecule has 94 valence electrons. The molecule has 0 aliphatic heterocycles. The molecule has 1 nitrogen and oxygen atoms in total. The van der Waals surface area contributed by atoms with Gasteiger partial charge >= 0.3 is 0 Å². The van der Waals surface area contributed by atoms with Gasteiger partial charge in [0.1, 0.15) is 0 Å². The molecule has 1 heteroatoms. The zero-order valence-corrected chi connectivity index (χ0v) is 11.3. The van der Waals surface area contributed by atoms with Gasteiger partial charge in [0.25, 0.3) is 0 Å². The molecule has 0 saturated heterocycles. The van der Waals surface area contributed by atoms with Gasteiger partial charge in [0.2, 0.25) is 0 Å². The third-order valence-corrected chi connectivity index (χ3v) is 4.19. The summed E-state index contributed by atoms with van der Waals surface area (Å²) in [5.41, 5.74) is 1.46. The summed E-state index contributed by atoms with van der Waals surface area (Å²) in [4.78, 5) is 0. The van der Waals surface area contributed by atoms with E-state index in [-0.39, 0.29) is 0 Å². The SMILES string of the molecule is CCC(C)C(C)NC(c1ccccc1)C1CC1. The number of hydrogen-bond donors (Lipinski definition) is 1. The Labute approximate surface area is 106 Å². The van der Waals surface area contributed by atoms with Crippen molar-refractivity contribution in [2.24, 2.45) is 11.8 Å². The second kappa shape index (κ2) is 5.68. The zero-order chi connectivity index (χ0) is 12.3. The van der Waals surface area contributed by atoms with E-state index in [0.717, 1.165) is 11.8 Å². The standard InChI is InChI=1S/C16H25N/c1-4-12(2)13(3)17-16(15-10-11-15)14-8-6-5-7-9-14/h5-9,12-13,15-17H,4,10-11H2,1-3H3. The molecular weight excluding hydrogens is 206 g/mol. The summed E-state index contributed by atoms with van der Waals surface area (Å²) in [7, 11) is 0. The predicted octanol–water partition coefficient (Wildman–Crippen LogP) is 4.16. The molecule has 1 saturated carbocycles. The van der Waals surface area contributed by atoms with Crippen molar-refractivity contribution in [3.8, 4) is 0 Å². The first-order valence-electron chi connectivity index (χ1n) is 7.03. The summed E-state index contributed by atoms with van der Waals surface area (Å²) < 4.78 is 0. The van der Waals surface area contributed by atoms with Crippen molar-refractivity contribution in [1.29, 1.82) is 0 Å². The highest BCUT2D eigenvalue weighted by Crippen LogP contribution is 2.41. The first kappa shape index (κ1) is 12.6. The van der Waals surface area contributed by atoms with E-state index < -0.39 is 0 Å². The monoisotopic (exact) mass is 231 g/mol. The van der Waals surface area contributed by atoms with Gasteiger partial charge in [-0.1, -0.05) is 50.6 Å². The Bertz CT molecular complexity index is 329. The Morgan fingerprint density at radius 2 is 1.82 bits per heavy atom. The second-order valence-corrected chi connectivity index (χ2v) is 5.57. The van der Waals surface area contributed by atoms with E-state index in [9.17, 15) is 0 Å². The van der Waals surface area contributed by atoms with Crippen LogP contribution in [0.5, 0.6) is 0 Å². The van der Waals surface area contributed by atoms with Crippen LogP contribution in [0.25, 0.3) is 0 Å². The van der Waals surface area contributed by atoms with Crippen LogP contribution in [0.15, 0.2) is 30.3 Å². The van der Waals surface area contributed by atoms with Crippen molar-refractivity contribution in [1.82, 2.24) is 5.32 Å². The summed E-state index contributed by atoms with van der Waals surface area (Å²) in [5.74, 6) is 1.61. The van der Waals surface area contributed by atoms with E-state index >= 15 is 0 Å². The van der Waals surface area contributed by atoms with Crippen LogP contribution in [0.3, 0.4) is 0 Å². The average molecular weight is 231 g/mol. The summed E-state index contributed by atoms with van der Waals surface area (Å²) >= 11 is 0. The van der Waals surface area contributed by atoms with Gasteiger partial charge < -0.3 is 5.32 Å². The van der Waals surface area contributed by atoms with E-state index in [2.05, 4.69) is 56.4 Å². The molecule has 1 fully saturated rings. The second-order valence-electron chi connectivity index (χ2n) is 5.57. The van der Waals surface area contributed by atoms with Crippen LogP contribution in [0.1, 0.15) is 51.6 Å². The summed E-state index contributed by atoms with van der Waals surface area (Å²) in [6.07, 6.45) is 4.03. The van der Waals surface area contributed by atoms with Gasteiger partial charge in [-0.25, -0.2) is 0 Å². The van der Waals surface area contributed by atoms with E-state index in [1.807, 2.05) is 0 Å². The third-order valence-electron chi connectivity index (χ3n) is 4.19. The fraction of sp³-hybridized carbons (Fsp3) is 0.625. The molecule has 1 aliphatic carbocycles. The molecule has 0 amide bonds. The maximum Gasteiger partial charge on any atom is 0.0351 e. The van der Waals surface area contributed by atoms with Crippen molar-refractivity contribution in [3.05, 3.63) is 35.9 Å². The molecule has 3 unspecified atom stereocenters. The normalized spacial score (nSPS) is 20.9. The molecule has 0 bridgehead atoms. The topological polar surface area (TPSA) is 12.0 Å². The van der Waals surface area contributed by atoms with Gasteiger partial charge in [0.05, 0.1) is 0 Å². The lowest BCUT2D eigenvalue weighted by Gasteiger charge is -2.27. The molecule has 1 aromatic rings. The van der Waals surface area contributed by atoms with Crippen molar-refractivity contribution >= 4 is 0 Å². The molecular formula is C16H25N. The Kier molecular flexibility index (Phi) is 4.22. The minimum Gasteiger partial charge on any atom is -0.307 e. The average Bonchev–Trinajstić information content (AvgIpc) is 3.20. The number of nitrogens with one attached hydrogen (secondary N) is 1. The first-order valence-corrected chi connectivity index (χ1v) is 7.03. The van der Waals surface area contributed by atoms with E-state index in [1.54, 1.807) is 0 Å². The van der Waals surface area contributed by atoms with Crippen LogP contribution in [-0.4, -0.2) is 6.04 Å². The van der Waals surface area contributed by atoms with E-state index in [4.69, 9.17) is 0 Å². The third kappa shape index (κ3) is 3.32. The van der Waals surface area contributed by atoms with Crippen LogP contribution >= 0.6 is 0 Å². The molecule has 1 aromatic carbocycles. The molecule has 0 spiro atoms. The van der Waals surface area contributed by atoms with Crippen molar-refractivity contribution in [2.45, 2.75) is 52.1 Å². The summed E-state index contributed by atoms with van der Waals surface area (Å²) in [5, 5.41) is 3.85. The maximum atomic E-state index is 3.85. The van der Waals surface area contributed by atoms with E-state index in [0.29, 0.717) is 12.1 Å². The van der Waals surface area contributed by atoms with Gasteiger partial charge in [-0.15, -0.1) is 0 Å². The van der Waals surface area contributed by atoms with Gasteiger partial charge in [0, 0.05) is 12.1 Å². The summed E-state index contributed by atoms with van der Waals surface area (Å²) in [6.45, 7) is 6.94. The van der Waals surface area contributed by atoms with Crippen LogP contribution in [0.4, 0.5) is 0 Å². The van der Waals surface area contributed by atoms with E-state index in [1.165, 1.54) is 24.8 Å². The van der Waals surface area contributed by atoms with Crippen molar-refractivity contribution in [3.63, 3.8) is 0 Å². The van der Waals surface area contributed by atoms with Crippen LogP contribution < -0.4 is 5.32 Å². The number of rotatable bonds is 6. The van der Waals surface area contributed by atoms with Gasteiger partial charge in [0.15, 0.2) is 0 Å². The molecule has 1 aliphatic rings. The highest BCUT2D eigenvalue weighted by molar-refractivity contribution is 5.21. The van der Waals surface area contributed by atoms with Crippen LogP contribution in [-0.2, 0) is 0 Å². The molecule has 0 heterocycles. The molecule has 0 radical (unpaired) electrons. The minimum atomic E-state index is 0.570. The molecule has 0 aromatic heterocycles. The summed E-state index contributed by atoms with van der Waals surface area (Å²) in [6, 6.07) is 12.1. The van der Waals surface area contributed by atoms with Gasteiger partial charge in [-0.3, -0.25) is 0 Å². The maximum absolute atomic E-state index is 3.85. The molecule has 3 atom stereocenters. The molecule has 17 heavy (non-hydrogen) atoms. The molecule has 1 N–H and O–H groups in total. The fourth-order valence-electron chi connectivity index (χ4n) is 2.40. The van der Waals surface area contributed by atoms with Gasteiger partial charge in [-0.2, -0.15) is 0 Å². The minimum absolute atomic E-state index is 0.570. The van der Waals surface area contributed by atoms with Crippen LogP contribution in [0, 0.1) is 11.8 Å². The predicted molar refractivity (Wildman–Crippen MR) is 74.0 cm³/mol. The quantitative estimate of drug-likeness (QED) is 0.775. The first-order chi connectivity index (χ1) is 8.22. The lowest BCUT2D eigenvalue weighted by atomic mass is 9.96. The smallest absolute Gasteiger partial charge is 0.0351 e. The fourth-order valence-corrected chi connectivity index (χ4v) is 2.40. The Hall–Kier alpha value is -0.820. The lowest BCUT2D eigenvalue weighted by molar-refractivity contribution is 0.333. The lowest BCUT2D eigenvalue weighted by Crippen LogP contribution is -2.36.